The molecule has 2 unspecified atom stereocenters. The van der Waals surface area contributed by atoms with Crippen molar-refractivity contribution in [1.82, 2.24) is 5.32 Å². The van der Waals surface area contributed by atoms with Crippen molar-refractivity contribution in [3.8, 4) is 0 Å². The first-order valence-corrected chi connectivity index (χ1v) is 30.6. The molecule has 3 N–H and O–H groups in total. The molecule has 0 saturated heterocycles. The lowest BCUT2D eigenvalue weighted by atomic mass is 10.0. The minimum absolute atomic E-state index is 0.0136. The van der Waals surface area contributed by atoms with E-state index in [9.17, 15) is 19.8 Å². The Morgan fingerprint density at radius 3 is 1.12 bits per heavy atom. The van der Waals surface area contributed by atoms with Crippen LogP contribution in [0.1, 0.15) is 335 Å². The van der Waals surface area contributed by atoms with Crippen LogP contribution in [0.2, 0.25) is 0 Å². The van der Waals surface area contributed by atoms with E-state index in [2.05, 4.69) is 43.5 Å². The minimum Gasteiger partial charge on any atom is -0.466 e. The zero-order valence-corrected chi connectivity index (χ0v) is 45.9. The fraction of sp³-hybridized carbons (Fsp3) is 0.903. The molecule has 0 fully saturated rings. The third-order valence-corrected chi connectivity index (χ3v) is 14.3. The van der Waals surface area contributed by atoms with Gasteiger partial charge in [-0.15, -0.1) is 0 Å². The third-order valence-electron chi connectivity index (χ3n) is 14.3. The maximum Gasteiger partial charge on any atom is 0.305 e. The van der Waals surface area contributed by atoms with Gasteiger partial charge in [-0.25, -0.2) is 0 Å². The van der Waals surface area contributed by atoms with Crippen LogP contribution in [-0.2, 0) is 14.3 Å². The van der Waals surface area contributed by atoms with Gasteiger partial charge in [0.2, 0.25) is 5.91 Å². The van der Waals surface area contributed by atoms with Gasteiger partial charge in [-0.1, -0.05) is 289 Å². The van der Waals surface area contributed by atoms with Gasteiger partial charge in [0.25, 0.3) is 0 Å². The highest BCUT2D eigenvalue weighted by molar-refractivity contribution is 5.76. The van der Waals surface area contributed by atoms with Crippen molar-refractivity contribution in [1.29, 1.82) is 0 Å². The van der Waals surface area contributed by atoms with Gasteiger partial charge in [-0.2, -0.15) is 0 Å². The van der Waals surface area contributed by atoms with Crippen LogP contribution in [0.25, 0.3) is 0 Å². The number of carbonyl (C=O) groups is 2. The summed E-state index contributed by atoms with van der Waals surface area (Å²) in [5.74, 6) is -0.0261. The zero-order valence-electron chi connectivity index (χ0n) is 45.9. The molecule has 0 saturated carbocycles. The number of nitrogens with one attached hydrogen (secondary N) is 1. The first kappa shape index (κ1) is 66.3. The number of aliphatic hydroxyl groups is 2. The highest BCUT2D eigenvalue weighted by atomic mass is 16.5. The summed E-state index contributed by atoms with van der Waals surface area (Å²) in [5, 5.41) is 23.1. The summed E-state index contributed by atoms with van der Waals surface area (Å²) in [4.78, 5) is 24.5. The molecule has 0 aliphatic carbocycles. The number of hydrogen-bond acceptors (Lipinski definition) is 5. The molecule has 6 nitrogen and oxygen atoms in total. The van der Waals surface area contributed by atoms with Gasteiger partial charge in [0.15, 0.2) is 0 Å². The van der Waals surface area contributed by atoms with Crippen LogP contribution < -0.4 is 5.32 Å². The van der Waals surface area contributed by atoms with Crippen molar-refractivity contribution < 1.29 is 24.5 Å². The first-order chi connectivity index (χ1) is 33.5. The topological polar surface area (TPSA) is 95.9 Å². The van der Waals surface area contributed by atoms with E-state index in [4.69, 9.17) is 4.74 Å². The monoisotopic (exact) mass is 958 g/mol. The summed E-state index contributed by atoms with van der Waals surface area (Å²) in [6.45, 7) is 4.94. The van der Waals surface area contributed by atoms with Gasteiger partial charge in [-0.3, -0.25) is 9.59 Å². The standard InChI is InChI=1S/C62H119NO5/c1-3-5-7-9-11-13-14-15-29-33-36-40-44-48-52-56-62(67)68-57-53-49-45-41-37-34-31-28-26-24-22-20-18-16-17-19-21-23-25-27-30-32-35-39-43-47-51-55-61(66)63-59(58-64)60(65)54-50-46-42-38-12-10-8-6-4-2/h16-17,20,22,59-60,64-65H,3-15,18-19,21,23-58H2,1-2H3,(H,63,66)/b17-16-,22-20-. The van der Waals surface area contributed by atoms with Crippen LogP contribution in [0.5, 0.6) is 0 Å². The Bertz CT molecular complexity index is 1060. The molecular weight excluding hydrogens is 839 g/mol. The fourth-order valence-electron chi connectivity index (χ4n) is 9.55. The van der Waals surface area contributed by atoms with E-state index < -0.39 is 12.1 Å². The van der Waals surface area contributed by atoms with Crippen LogP contribution >= 0.6 is 0 Å². The Morgan fingerprint density at radius 2 is 0.735 bits per heavy atom. The predicted octanol–water partition coefficient (Wildman–Crippen LogP) is 19.0. The van der Waals surface area contributed by atoms with Crippen molar-refractivity contribution in [2.45, 2.75) is 347 Å². The third kappa shape index (κ3) is 53.7. The number of aliphatic hydroxyl groups excluding tert-OH is 2. The summed E-state index contributed by atoms with van der Waals surface area (Å²) in [7, 11) is 0. The Hall–Kier alpha value is -1.66. The minimum atomic E-state index is -0.664. The Kier molecular flexibility index (Phi) is 56.5. The van der Waals surface area contributed by atoms with Crippen molar-refractivity contribution in [2.75, 3.05) is 13.2 Å². The van der Waals surface area contributed by atoms with E-state index in [0.717, 1.165) is 44.9 Å². The number of unbranched alkanes of at least 4 members (excludes halogenated alkanes) is 42. The second kappa shape index (κ2) is 57.9. The molecule has 2 atom stereocenters. The molecule has 0 radical (unpaired) electrons. The molecular formula is C62H119NO5. The number of rotatable bonds is 57. The predicted molar refractivity (Wildman–Crippen MR) is 296 cm³/mol. The number of esters is 1. The van der Waals surface area contributed by atoms with E-state index in [-0.39, 0.29) is 18.5 Å². The second-order valence-corrected chi connectivity index (χ2v) is 21.0. The largest absolute Gasteiger partial charge is 0.466 e. The average molecular weight is 959 g/mol. The molecule has 0 spiro atoms. The van der Waals surface area contributed by atoms with Crippen LogP contribution in [0, 0.1) is 0 Å². The highest BCUT2D eigenvalue weighted by Crippen LogP contribution is 2.17. The van der Waals surface area contributed by atoms with Crippen molar-refractivity contribution in [2.24, 2.45) is 0 Å². The highest BCUT2D eigenvalue weighted by Gasteiger charge is 2.20. The number of ether oxygens (including phenoxy) is 1. The van der Waals surface area contributed by atoms with Crippen molar-refractivity contribution in [3.63, 3.8) is 0 Å². The number of allylic oxidation sites excluding steroid dienone is 4. The van der Waals surface area contributed by atoms with E-state index in [0.29, 0.717) is 25.9 Å². The summed E-state index contributed by atoms with van der Waals surface area (Å²) in [6.07, 6.45) is 70.6. The van der Waals surface area contributed by atoms with E-state index in [1.54, 1.807) is 0 Å². The zero-order chi connectivity index (χ0) is 49.3. The smallest absolute Gasteiger partial charge is 0.305 e. The summed E-state index contributed by atoms with van der Waals surface area (Å²) >= 11 is 0. The van der Waals surface area contributed by atoms with Crippen molar-refractivity contribution in [3.05, 3.63) is 24.3 Å². The lowest BCUT2D eigenvalue weighted by Gasteiger charge is -2.22. The van der Waals surface area contributed by atoms with Crippen molar-refractivity contribution >= 4 is 11.9 Å². The Morgan fingerprint density at radius 1 is 0.412 bits per heavy atom. The quantitative estimate of drug-likeness (QED) is 0.0321. The van der Waals surface area contributed by atoms with Crippen LogP contribution in [0.4, 0.5) is 0 Å². The second-order valence-electron chi connectivity index (χ2n) is 21.0. The molecule has 0 aromatic carbocycles. The summed E-state index contributed by atoms with van der Waals surface area (Å²) < 4.78 is 5.49. The molecule has 402 valence electrons. The summed E-state index contributed by atoms with van der Waals surface area (Å²) in [5.41, 5.74) is 0. The Balaban J connectivity index is 3.38. The molecule has 1 amide bonds. The van der Waals surface area contributed by atoms with E-state index in [1.165, 1.54) is 257 Å². The van der Waals surface area contributed by atoms with Gasteiger partial charge in [0, 0.05) is 12.8 Å². The number of amides is 1. The molecule has 0 bridgehead atoms. The first-order valence-electron chi connectivity index (χ1n) is 30.6. The molecule has 0 aromatic heterocycles. The van der Waals surface area contributed by atoms with Gasteiger partial charge in [-0.05, 0) is 57.8 Å². The Labute approximate surface area is 424 Å². The van der Waals surface area contributed by atoms with Gasteiger partial charge >= 0.3 is 5.97 Å². The SMILES string of the molecule is CCCCCCCCCCCCCCCCCC(=O)OCCCCCCCCCCC/C=C\C/C=C\CCCCCCCCCCCCCC(=O)NC(CO)C(O)CCCCCCCCCCC. The molecule has 0 aliphatic heterocycles. The van der Waals surface area contributed by atoms with E-state index >= 15 is 0 Å². The molecule has 0 heterocycles. The molecule has 0 rings (SSSR count). The normalized spacial score (nSPS) is 12.7. The number of carbonyl (C=O) groups excluding carboxylic acids is 2. The molecule has 0 aliphatic rings. The van der Waals surface area contributed by atoms with Gasteiger partial charge < -0.3 is 20.3 Å². The van der Waals surface area contributed by atoms with Gasteiger partial charge in [0.1, 0.15) is 0 Å². The van der Waals surface area contributed by atoms with Gasteiger partial charge in [0.05, 0.1) is 25.4 Å². The van der Waals surface area contributed by atoms with Crippen LogP contribution in [0.15, 0.2) is 24.3 Å². The van der Waals surface area contributed by atoms with Crippen LogP contribution in [0.3, 0.4) is 0 Å². The summed E-state index contributed by atoms with van der Waals surface area (Å²) in [6, 6.07) is -0.541. The fourth-order valence-corrected chi connectivity index (χ4v) is 9.55. The van der Waals surface area contributed by atoms with E-state index in [1.807, 2.05) is 0 Å². The maximum atomic E-state index is 12.4. The van der Waals surface area contributed by atoms with Crippen LogP contribution in [-0.4, -0.2) is 47.4 Å². The lowest BCUT2D eigenvalue weighted by Crippen LogP contribution is -2.45. The molecule has 0 aromatic rings. The average Bonchev–Trinajstić information content (AvgIpc) is 3.34. The number of hydrogen-bond donors (Lipinski definition) is 3. The molecule has 6 heteroatoms. The lowest BCUT2D eigenvalue weighted by molar-refractivity contribution is -0.143. The molecule has 68 heavy (non-hydrogen) atoms. The maximum absolute atomic E-state index is 12.4.